The van der Waals surface area contributed by atoms with Crippen molar-refractivity contribution in [2.45, 2.75) is 0 Å². The van der Waals surface area contributed by atoms with Gasteiger partial charge in [-0.25, -0.2) is 0 Å². The molecule has 2 heterocycles. The molecule has 134 valence electrons. The summed E-state index contributed by atoms with van der Waals surface area (Å²) in [4.78, 5) is 37.7. The molecule has 0 atom stereocenters. The molecule has 27 heavy (non-hydrogen) atoms. The third kappa shape index (κ3) is 3.20. The largest absolute Gasteiger partial charge is 0.338 e. The van der Waals surface area contributed by atoms with Crippen molar-refractivity contribution in [2.75, 3.05) is 11.9 Å². The maximum atomic E-state index is 12.3. The number of anilines is 1. The summed E-state index contributed by atoms with van der Waals surface area (Å²) < 4.78 is 5.10. The van der Waals surface area contributed by atoms with E-state index in [9.17, 15) is 14.4 Å². The van der Waals surface area contributed by atoms with Crippen molar-refractivity contribution in [2.24, 2.45) is 0 Å². The first-order valence-electron chi connectivity index (χ1n) is 8.00. The molecular weight excluding hydrogens is 370 g/mol. The maximum Gasteiger partial charge on any atom is 0.262 e. The molecule has 0 saturated carbocycles. The predicted octanol–water partition coefficient (Wildman–Crippen LogP) is 3.23. The van der Waals surface area contributed by atoms with E-state index in [2.05, 4.69) is 10.5 Å². The highest BCUT2D eigenvalue weighted by Gasteiger charge is 2.36. The maximum absolute atomic E-state index is 12.3. The number of aromatic nitrogens is 1. The fourth-order valence-corrected chi connectivity index (χ4v) is 2.92. The lowest BCUT2D eigenvalue weighted by molar-refractivity contribution is -0.116. The number of imide groups is 1. The first kappa shape index (κ1) is 17.0. The molecule has 1 aliphatic rings. The van der Waals surface area contributed by atoms with Gasteiger partial charge in [-0.05, 0) is 24.3 Å². The number of rotatable bonds is 4. The van der Waals surface area contributed by atoms with Crippen molar-refractivity contribution in [3.8, 4) is 11.3 Å². The van der Waals surface area contributed by atoms with Crippen molar-refractivity contribution in [1.82, 2.24) is 10.1 Å². The lowest BCUT2D eigenvalue weighted by atomic mass is 10.1. The van der Waals surface area contributed by atoms with Crippen LogP contribution in [0.5, 0.6) is 0 Å². The summed E-state index contributed by atoms with van der Waals surface area (Å²) in [5.74, 6) is -1.44. The van der Waals surface area contributed by atoms with Crippen molar-refractivity contribution < 1.29 is 18.9 Å². The van der Waals surface area contributed by atoms with E-state index in [4.69, 9.17) is 16.1 Å². The highest BCUT2D eigenvalue weighted by atomic mass is 35.5. The molecule has 0 saturated heterocycles. The monoisotopic (exact) mass is 381 g/mol. The second kappa shape index (κ2) is 6.69. The second-order valence-electron chi connectivity index (χ2n) is 5.87. The van der Waals surface area contributed by atoms with Crippen LogP contribution >= 0.6 is 11.6 Å². The highest BCUT2D eigenvalue weighted by Crippen LogP contribution is 2.24. The normalized spacial score (nSPS) is 13.0. The van der Waals surface area contributed by atoms with Crippen molar-refractivity contribution in [3.05, 3.63) is 70.7 Å². The summed E-state index contributed by atoms with van der Waals surface area (Å²) in [5, 5.41) is 6.98. The van der Waals surface area contributed by atoms with Crippen LogP contribution in [0.4, 0.5) is 5.88 Å². The Balaban J connectivity index is 1.44. The summed E-state index contributed by atoms with van der Waals surface area (Å²) >= 11 is 5.85. The molecule has 3 aromatic rings. The zero-order valence-corrected chi connectivity index (χ0v) is 14.6. The van der Waals surface area contributed by atoms with Gasteiger partial charge in [0.15, 0.2) is 0 Å². The Kier molecular flexibility index (Phi) is 4.21. The van der Waals surface area contributed by atoms with E-state index in [-0.39, 0.29) is 5.88 Å². The van der Waals surface area contributed by atoms with E-state index < -0.39 is 24.3 Å². The fourth-order valence-electron chi connectivity index (χ4n) is 2.79. The third-order valence-corrected chi connectivity index (χ3v) is 4.34. The minimum Gasteiger partial charge on any atom is -0.338 e. The number of carbonyl (C=O) groups excluding carboxylic acids is 3. The average molecular weight is 382 g/mol. The molecule has 0 bridgehead atoms. The Morgan fingerprint density at radius 1 is 1.04 bits per heavy atom. The summed E-state index contributed by atoms with van der Waals surface area (Å²) in [7, 11) is 0. The molecule has 0 aliphatic carbocycles. The number of benzene rings is 2. The van der Waals surface area contributed by atoms with E-state index in [1.807, 2.05) is 0 Å². The number of halogens is 1. The van der Waals surface area contributed by atoms with Crippen LogP contribution < -0.4 is 5.32 Å². The first-order valence-corrected chi connectivity index (χ1v) is 8.38. The molecule has 1 N–H and O–H groups in total. The Morgan fingerprint density at radius 3 is 2.30 bits per heavy atom. The highest BCUT2D eigenvalue weighted by molar-refractivity contribution is 6.30. The van der Waals surface area contributed by atoms with Gasteiger partial charge in [0.05, 0.1) is 11.1 Å². The van der Waals surface area contributed by atoms with Gasteiger partial charge in [0.1, 0.15) is 12.2 Å². The second-order valence-corrected chi connectivity index (χ2v) is 6.31. The number of hydrogen-bond donors (Lipinski definition) is 1. The topological polar surface area (TPSA) is 92.5 Å². The summed E-state index contributed by atoms with van der Waals surface area (Å²) in [6, 6.07) is 15.0. The molecule has 8 heteroatoms. The van der Waals surface area contributed by atoms with Gasteiger partial charge in [-0.2, -0.15) is 0 Å². The molecule has 2 aromatic carbocycles. The van der Waals surface area contributed by atoms with Crippen molar-refractivity contribution in [3.63, 3.8) is 0 Å². The Bertz CT molecular complexity index is 1020. The molecule has 0 unspecified atom stereocenters. The van der Waals surface area contributed by atoms with Crippen LogP contribution in [0.15, 0.2) is 59.1 Å². The summed E-state index contributed by atoms with van der Waals surface area (Å²) in [6.07, 6.45) is 0. The smallest absolute Gasteiger partial charge is 0.262 e. The van der Waals surface area contributed by atoms with Crippen LogP contribution in [0, 0.1) is 0 Å². The molecule has 0 radical (unpaired) electrons. The molecule has 4 rings (SSSR count). The average Bonchev–Trinajstić information content (AvgIpc) is 3.22. The van der Waals surface area contributed by atoms with Gasteiger partial charge in [-0.3, -0.25) is 24.6 Å². The molecular formula is C19H12ClN3O4. The first-order chi connectivity index (χ1) is 13.0. The predicted molar refractivity (Wildman–Crippen MR) is 97.4 cm³/mol. The number of hydrogen-bond acceptors (Lipinski definition) is 5. The molecule has 0 fully saturated rings. The number of nitrogens with zero attached hydrogens (tertiary/aromatic N) is 2. The van der Waals surface area contributed by atoms with Crippen molar-refractivity contribution >= 4 is 35.2 Å². The van der Waals surface area contributed by atoms with E-state index >= 15 is 0 Å². The lowest BCUT2D eigenvalue weighted by Gasteiger charge is -2.12. The minimum atomic E-state index is -0.566. The van der Waals surface area contributed by atoms with Crippen molar-refractivity contribution in [1.29, 1.82) is 0 Å². The zero-order chi connectivity index (χ0) is 19.0. The van der Waals surface area contributed by atoms with Gasteiger partial charge in [-0.1, -0.05) is 41.0 Å². The quantitative estimate of drug-likeness (QED) is 0.700. The van der Waals surface area contributed by atoms with Crippen LogP contribution in [-0.4, -0.2) is 34.3 Å². The Hall–Kier alpha value is -3.45. The molecule has 7 nitrogen and oxygen atoms in total. The lowest BCUT2D eigenvalue weighted by Crippen LogP contribution is -2.37. The number of carbonyl (C=O) groups is 3. The van der Waals surface area contributed by atoms with Crippen LogP contribution in [0.25, 0.3) is 11.3 Å². The van der Waals surface area contributed by atoms with Gasteiger partial charge in [0.2, 0.25) is 11.8 Å². The van der Waals surface area contributed by atoms with Crippen LogP contribution in [0.2, 0.25) is 5.02 Å². The van der Waals surface area contributed by atoms with E-state index in [0.717, 1.165) is 10.5 Å². The standard InChI is InChI=1S/C19H12ClN3O4/c20-12-7-5-11(6-8-12)15-9-17(27-22-15)21-16(24)10-23-18(25)13-3-1-2-4-14(13)19(23)26/h1-9H,10H2,(H,21,24). The number of amides is 3. The van der Waals surface area contributed by atoms with Crippen LogP contribution in [0.3, 0.4) is 0 Å². The minimum absolute atomic E-state index is 0.113. The van der Waals surface area contributed by atoms with Crippen LogP contribution in [0.1, 0.15) is 20.7 Å². The van der Waals surface area contributed by atoms with Gasteiger partial charge < -0.3 is 4.52 Å². The number of fused-ring (bicyclic) bond motifs is 1. The summed E-state index contributed by atoms with van der Waals surface area (Å²) in [5.41, 5.74) is 1.87. The van der Waals surface area contributed by atoms with E-state index in [0.29, 0.717) is 21.8 Å². The number of nitrogens with one attached hydrogen (secondary N) is 1. The van der Waals surface area contributed by atoms with E-state index in [1.54, 1.807) is 54.6 Å². The van der Waals surface area contributed by atoms with E-state index in [1.165, 1.54) is 0 Å². The van der Waals surface area contributed by atoms with Gasteiger partial charge in [-0.15, -0.1) is 0 Å². The zero-order valence-electron chi connectivity index (χ0n) is 13.8. The molecule has 0 spiro atoms. The van der Waals surface area contributed by atoms with Gasteiger partial charge >= 0.3 is 0 Å². The Morgan fingerprint density at radius 2 is 1.67 bits per heavy atom. The van der Waals surface area contributed by atoms with Gasteiger partial charge in [0.25, 0.3) is 11.8 Å². The molecule has 1 aromatic heterocycles. The summed E-state index contributed by atoms with van der Waals surface area (Å²) in [6.45, 7) is -0.413. The van der Waals surface area contributed by atoms with Crippen LogP contribution in [-0.2, 0) is 4.79 Å². The third-order valence-electron chi connectivity index (χ3n) is 4.09. The Labute approximate surface area is 158 Å². The van der Waals surface area contributed by atoms with Gasteiger partial charge in [0, 0.05) is 16.7 Å². The molecule has 3 amide bonds. The SMILES string of the molecule is O=C(CN1C(=O)c2ccccc2C1=O)Nc1cc(-c2ccc(Cl)cc2)no1. The fraction of sp³-hybridized carbons (Fsp3) is 0.0526. The molecule has 1 aliphatic heterocycles.